The van der Waals surface area contributed by atoms with Gasteiger partial charge in [0, 0.05) is 10.5 Å². The minimum Gasteiger partial charge on any atom is -0.376 e. The summed E-state index contributed by atoms with van der Waals surface area (Å²) in [4.78, 5) is 0. The average molecular weight is 304 g/mol. The van der Waals surface area contributed by atoms with Crippen LogP contribution in [0.3, 0.4) is 0 Å². The summed E-state index contributed by atoms with van der Waals surface area (Å²) in [7, 11) is 0. The lowest BCUT2D eigenvalue weighted by Crippen LogP contribution is -2.45. The van der Waals surface area contributed by atoms with Crippen molar-refractivity contribution in [2.24, 2.45) is 5.73 Å². The van der Waals surface area contributed by atoms with E-state index in [9.17, 15) is 4.39 Å². The quantitative estimate of drug-likeness (QED) is 0.927. The number of benzene rings is 1. The van der Waals surface area contributed by atoms with Crippen LogP contribution in [-0.4, -0.2) is 32.0 Å². The van der Waals surface area contributed by atoms with Gasteiger partial charge in [0.1, 0.15) is 5.82 Å². The first kappa shape index (κ1) is 13.0. The highest BCUT2D eigenvalue weighted by Crippen LogP contribution is 2.18. The molecule has 2 atom stereocenters. The normalized spacial score (nSPS) is 22.4. The molecular weight excluding hydrogens is 289 g/mol. The molecule has 1 aromatic carbocycles. The van der Waals surface area contributed by atoms with E-state index >= 15 is 0 Å². The van der Waals surface area contributed by atoms with E-state index in [1.54, 1.807) is 12.1 Å². The predicted octanol–water partition coefficient (Wildman–Crippen LogP) is 1.87. The minimum atomic E-state index is -0.251. The van der Waals surface area contributed by atoms with Crippen molar-refractivity contribution in [2.45, 2.75) is 18.6 Å². The summed E-state index contributed by atoms with van der Waals surface area (Å²) in [5.74, 6) is -0.236. The Labute approximate surface area is 108 Å². The fraction of sp³-hybridized carbons (Fsp3) is 0.500. The third kappa shape index (κ3) is 3.48. The molecule has 0 amide bonds. The molecule has 1 fully saturated rings. The third-order valence-corrected chi connectivity index (χ3v) is 3.28. The van der Waals surface area contributed by atoms with E-state index in [1.165, 1.54) is 6.07 Å². The molecule has 0 spiro atoms. The Hall–Kier alpha value is -0.490. The zero-order valence-electron chi connectivity index (χ0n) is 9.36. The molecule has 0 saturated carbocycles. The molecule has 1 heterocycles. The Morgan fingerprint density at radius 1 is 1.47 bits per heavy atom. The van der Waals surface area contributed by atoms with E-state index in [0.717, 1.165) is 4.47 Å². The van der Waals surface area contributed by atoms with Gasteiger partial charge in [0.2, 0.25) is 0 Å². The van der Waals surface area contributed by atoms with Crippen LogP contribution in [0, 0.1) is 5.82 Å². The molecule has 94 valence electrons. The molecule has 2 rings (SSSR count). The van der Waals surface area contributed by atoms with Crippen molar-refractivity contribution in [2.75, 3.05) is 19.8 Å². The number of ether oxygens (including phenoxy) is 2. The summed E-state index contributed by atoms with van der Waals surface area (Å²) in [6.07, 6.45) is 0.293. The summed E-state index contributed by atoms with van der Waals surface area (Å²) in [6.45, 7) is 1.64. The maximum Gasteiger partial charge on any atom is 0.126 e. The van der Waals surface area contributed by atoms with Crippen molar-refractivity contribution in [3.05, 3.63) is 34.1 Å². The van der Waals surface area contributed by atoms with Crippen molar-refractivity contribution < 1.29 is 13.9 Å². The lowest BCUT2D eigenvalue weighted by atomic mass is 10.0. The van der Waals surface area contributed by atoms with Gasteiger partial charge in [-0.15, -0.1) is 0 Å². The Kier molecular flexibility index (Phi) is 4.50. The lowest BCUT2D eigenvalue weighted by Gasteiger charge is -2.28. The van der Waals surface area contributed by atoms with Crippen molar-refractivity contribution >= 4 is 15.9 Å². The second kappa shape index (κ2) is 5.91. The summed E-state index contributed by atoms with van der Waals surface area (Å²) in [5, 5.41) is 0. The standard InChI is InChI=1S/C12H15BrFNO2/c13-9-1-2-10(14)8(5-9)6-11(15)12-7-16-3-4-17-12/h1-2,5,11-12H,3-4,6-7,15H2. The average Bonchev–Trinajstić information content (AvgIpc) is 2.35. The first-order valence-corrected chi connectivity index (χ1v) is 6.35. The lowest BCUT2D eigenvalue weighted by molar-refractivity contribution is -0.0968. The van der Waals surface area contributed by atoms with Gasteiger partial charge in [0.25, 0.3) is 0 Å². The number of hydrogen-bond donors (Lipinski definition) is 1. The van der Waals surface area contributed by atoms with Crippen LogP contribution >= 0.6 is 15.9 Å². The van der Waals surface area contributed by atoms with Gasteiger partial charge < -0.3 is 15.2 Å². The van der Waals surface area contributed by atoms with Crippen LogP contribution in [0.5, 0.6) is 0 Å². The molecule has 0 bridgehead atoms. The maximum absolute atomic E-state index is 13.5. The smallest absolute Gasteiger partial charge is 0.126 e. The Morgan fingerprint density at radius 3 is 3.00 bits per heavy atom. The molecular formula is C12H15BrFNO2. The second-order valence-corrected chi connectivity index (χ2v) is 5.00. The van der Waals surface area contributed by atoms with Crippen LogP contribution in [0.1, 0.15) is 5.56 Å². The topological polar surface area (TPSA) is 44.5 Å². The number of hydrogen-bond acceptors (Lipinski definition) is 3. The van der Waals surface area contributed by atoms with Gasteiger partial charge in [-0.3, -0.25) is 0 Å². The molecule has 0 aromatic heterocycles. The minimum absolute atomic E-state index is 0.151. The molecule has 3 nitrogen and oxygen atoms in total. The van der Waals surface area contributed by atoms with Gasteiger partial charge in [-0.25, -0.2) is 4.39 Å². The fourth-order valence-corrected chi connectivity index (χ4v) is 2.25. The van der Waals surface area contributed by atoms with Gasteiger partial charge in [-0.05, 0) is 30.2 Å². The van der Waals surface area contributed by atoms with E-state index in [2.05, 4.69) is 15.9 Å². The highest BCUT2D eigenvalue weighted by Gasteiger charge is 2.23. The van der Waals surface area contributed by atoms with E-state index < -0.39 is 0 Å². The number of rotatable bonds is 3. The van der Waals surface area contributed by atoms with Crippen LogP contribution in [0.2, 0.25) is 0 Å². The van der Waals surface area contributed by atoms with Crippen molar-refractivity contribution in [3.63, 3.8) is 0 Å². The molecule has 2 N–H and O–H groups in total. The zero-order valence-corrected chi connectivity index (χ0v) is 11.0. The molecule has 1 aliphatic heterocycles. The van der Waals surface area contributed by atoms with Gasteiger partial charge in [0.05, 0.1) is 25.9 Å². The Morgan fingerprint density at radius 2 is 2.29 bits per heavy atom. The second-order valence-electron chi connectivity index (χ2n) is 4.09. The van der Waals surface area contributed by atoms with E-state index in [1.807, 2.05) is 0 Å². The van der Waals surface area contributed by atoms with Crippen LogP contribution in [-0.2, 0) is 15.9 Å². The monoisotopic (exact) mass is 303 g/mol. The summed E-state index contributed by atoms with van der Waals surface area (Å²) in [6, 6.07) is 4.60. The molecule has 1 saturated heterocycles. The number of nitrogens with two attached hydrogens (primary N) is 1. The van der Waals surface area contributed by atoms with Crippen LogP contribution in [0.4, 0.5) is 4.39 Å². The Bertz CT molecular complexity index is 383. The van der Waals surface area contributed by atoms with E-state index in [4.69, 9.17) is 15.2 Å². The molecule has 17 heavy (non-hydrogen) atoms. The SMILES string of the molecule is NC(Cc1cc(Br)ccc1F)C1COCCO1. The van der Waals surface area contributed by atoms with Crippen LogP contribution in [0.25, 0.3) is 0 Å². The van der Waals surface area contributed by atoms with Gasteiger partial charge in [0.15, 0.2) is 0 Å². The molecule has 2 unspecified atom stereocenters. The predicted molar refractivity (Wildman–Crippen MR) is 66.3 cm³/mol. The largest absolute Gasteiger partial charge is 0.376 e. The fourth-order valence-electron chi connectivity index (χ4n) is 1.84. The Balaban J connectivity index is 2.01. The van der Waals surface area contributed by atoms with Gasteiger partial charge in [-0.2, -0.15) is 0 Å². The van der Waals surface area contributed by atoms with E-state index in [-0.39, 0.29) is 18.0 Å². The highest BCUT2D eigenvalue weighted by molar-refractivity contribution is 9.10. The van der Waals surface area contributed by atoms with Crippen molar-refractivity contribution in [1.82, 2.24) is 0 Å². The third-order valence-electron chi connectivity index (χ3n) is 2.78. The summed E-state index contributed by atoms with van der Waals surface area (Å²) < 4.78 is 25.2. The number of halogens is 2. The molecule has 1 aliphatic rings. The summed E-state index contributed by atoms with van der Waals surface area (Å²) >= 11 is 3.32. The van der Waals surface area contributed by atoms with Gasteiger partial charge in [-0.1, -0.05) is 15.9 Å². The zero-order chi connectivity index (χ0) is 12.3. The molecule has 5 heteroatoms. The summed E-state index contributed by atoms with van der Waals surface area (Å²) in [5.41, 5.74) is 6.61. The van der Waals surface area contributed by atoms with Crippen LogP contribution < -0.4 is 5.73 Å². The first-order chi connectivity index (χ1) is 8.16. The van der Waals surface area contributed by atoms with E-state index in [0.29, 0.717) is 31.8 Å². The van der Waals surface area contributed by atoms with Crippen LogP contribution in [0.15, 0.2) is 22.7 Å². The van der Waals surface area contributed by atoms with Crippen molar-refractivity contribution in [3.8, 4) is 0 Å². The molecule has 0 radical (unpaired) electrons. The molecule has 1 aromatic rings. The maximum atomic E-state index is 13.5. The van der Waals surface area contributed by atoms with Gasteiger partial charge >= 0.3 is 0 Å². The molecule has 0 aliphatic carbocycles. The highest BCUT2D eigenvalue weighted by atomic mass is 79.9. The first-order valence-electron chi connectivity index (χ1n) is 5.55. The van der Waals surface area contributed by atoms with Crippen molar-refractivity contribution in [1.29, 1.82) is 0 Å².